The number of aryl methyl sites for hydroxylation is 1. The monoisotopic (exact) mass is 463 g/mol. The minimum Gasteiger partial charge on any atom is -0.383 e. The molecular weight excluding hydrogens is 422 g/mol. The van der Waals surface area contributed by atoms with Gasteiger partial charge in [0.1, 0.15) is 0 Å². The van der Waals surface area contributed by atoms with Crippen molar-refractivity contribution in [1.82, 2.24) is 9.80 Å². The van der Waals surface area contributed by atoms with E-state index in [1.54, 1.807) is 0 Å². The normalized spacial score (nSPS) is 17.2. The second-order valence-electron chi connectivity index (χ2n) is 9.78. The van der Waals surface area contributed by atoms with Crippen LogP contribution in [0.15, 0.2) is 42.5 Å². The number of anilines is 3. The van der Waals surface area contributed by atoms with E-state index < -0.39 is 0 Å². The molecule has 2 aromatic rings. The third-order valence-corrected chi connectivity index (χ3v) is 7.43. The Kier molecular flexibility index (Phi) is 8.33. The number of nitrogens with one attached hydrogen (secondary N) is 1. The van der Waals surface area contributed by atoms with E-state index in [1.165, 1.54) is 28.2 Å². The molecule has 2 aliphatic rings. The van der Waals surface area contributed by atoms with Gasteiger partial charge >= 0.3 is 0 Å². The van der Waals surface area contributed by atoms with Gasteiger partial charge in [0.25, 0.3) is 0 Å². The van der Waals surface area contributed by atoms with E-state index in [0.29, 0.717) is 12.3 Å². The van der Waals surface area contributed by atoms with E-state index in [-0.39, 0.29) is 0 Å². The van der Waals surface area contributed by atoms with Crippen LogP contribution in [-0.2, 0) is 4.79 Å². The Hall–Kier alpha value is -2.73. The van der Waals surface area contributed by atoms with Crippen LogP contribution in [0.25, 0.3) is 0 Å². The fourth-order valence-corrected chi connectivity index (χ4v) is 5.00. The number of rotatable bonds is 8. The van der Waals surface area contributed by atoms with Crippen LogP contribution < -0.4 is 15.1 Å². The molecule has 1 amide bonds. The first kappa shape index (κ1) is 24.4. The SMILES string of the molecule is Cc1cccc(N2CCN(C(=O)CCCCNc3ccccc3N3CCN(C)CC3)CC2)c1C. The Bertz CT molecular complexity index is 946. The van der Waals surface area contributed by atoms with Crippen LogP contribution in [0.5, 0.6) is 0 Å². The summed E-state index contributed by atoms with van der Waals surface area (Å²) < 4.78 is 0. The lowest BCUT2D eigenvalue weighted by Gasteiger charge is -2.37. The van der Waals surface area contributed by atoms with Crippen LogP contribution in [0.3, 0.4) is 0 Å². The van der Waals surface area contributed by atoms with Crippen molar-refractivity contribution in [3.63, 3.8) is 0 Å². The zero-order valence-electron chi connectivity index (χ0n) is 21.2. The number of piperazine rings is 2. The minimum absolute atomic E-state index is 0.304. The maximum Gasteiger partial charge on any atom is 0.222 e. The maximum atomic E-state index is 12.8. The predicted octanol–water partition coefficient (Wildman–Crippen LogP) is 3.99. The van der Waals surface area contributed by atoms with E-state index in [1.807, 2.05) is 0 Å². The molecule has 4 rings (SSSR count). The number of hydrogen-bond donors (Lipinski definition) is 1. The van der Waals surface area contributed by atoms with Crippen LogP contribution in [-0.4, -0.2) is 81.7 Å². The van der Waals surface area contributed by atoms with Crippen molar-refractivity contribution in [3.8, 4) is 0 Å². The lowest BCUT2D eigenvalue weighted by molar-refractivity contribution is -0.131. The summed E-state index contributed by atoms with van der Waals surface area (Å²) >= 11 is 0. The summed E-state index contributed by atoms with van der Waals surface area (Å²) in [7, 11) is 2.19. The van der Waals surface area contributed by atoms with Gasteiger partial charge in [-0.1, -0.05) is 24.3 Å². The molecule has 1 N–H and O–H groups in total. The molecule has 0 radical (unpaired) electrons. The highest BCUT2D eigenvalue weighted by Crippen LogP contribution is 2.27. The average Bonchev–Trinajstić information content (AvgIpc) is 2.86. The Balaban J connectivity index is 1.17. The molecule has 0 bridgehead atoms. The van der Waals surface area contributed by atoms with Gasteiger partial charge in [-0.25, -0.2) is 0 Å². The molecule has 0 unspecified atom stereocenters. The van der Waals surface area contributed by atoms with Crippen LogP contribution in [0.4, 0.5) is 17.1 Å². The van der Waals surface area contributed by atoms with E-state index >= 15 is 0 Å². The number of amides is 1. The summed E-state index contributed by atoms with van der Waals surface area (Å²) in [5, 5.41) is 3.62. The number of benzene rings is 2. The topological polar surface area (TPSA) is 42.1 Å². The van der Waals surface area contributed by atoms with Gasteiger partial charge in [-0.15, -0.1) is 0 Å². The molecule has 6 heteroatoms. The number of para-hydroxylation sites is 2. The average molecular weight is 464 g/mol. The van der Waals surface area contributed by atoms with Gasteiger partial charge in [0, 0.05) is 71.0 Å². The Morgan fingerprint density at radius 3 is 2.21 bits per heavy atom. The van der Waals surface area contributed by atoms with Gasteiger partial charge in [0.15, 0.2) is 0 Å². The fourth-order valence-electron chi connectivity index (χ4n) is 5.00. The third kappa shape index (κ3) is 6.03. The third-order valence-electron chi connectivity index (χ3n) is 7.43. The predicted molar refractivity (Wildman–Crippen MR) is 143 cm³/mol. The van der Waals surface area contributed by atoms with E-state index in [9.17, 15) is 4.79 Å². The minimum atomic E-state index is 0.304. The summed E-state index contributed by atoms with van der Waals surface area (Å²) in [5.74, 6) is 0.304. The maximum absolute atomic E-state index is 12.8. The van der Waals surface area contributed by atoms with E-state index in [4.69, 9.17) is 0 Å². The zero-order chi connectivity index (χ0) is 23.9. The van der Waals surface area contributed by atoms with Crippen molar-refractivity contribution in [2.24, 2.45) is 0 Å². The summed E-state index contributed by atoms with van der Waals surface area (Å²) in [6, 6.07) is 15.1. The number of carbonyl (C=O) groups is 1. The highest BCUT2D eigenvalue weighted by atomic mass is 16.2. The smallest absolute Gasteiger partial charge is 0.222 e. The van der Waals surface area contributed by atoms with Gasteiger partial charge < -0.3 is 24.9 Å². The van der Waals surface area contributed by atoms with Gasteiger partial charge in [-0.05, 0) is 63.1 Å². The summed E-state index contributed by atoms with van der Waals surface area (Å²) in [6.07, 6.45) is 2.58. The molecule has 2 fully saturated rings. The first-order valence-corrected chi connectivity index (χ1v) is 12.9. The number of nitrogens with zero attached hydrogens (tertiary/aromatic N) is 4. The van der Waals surface area contributed by atoms with Crippen molar-refractivity contribution in [1.29, 1.82) is 0 Å². The zero-order valence-corrected chi connectivity index (χ0v) is 21.2. The summed E-state index contributed by atoms with van der Waals surface area (Å²) in [6.45, 7) is 13.1. The van der Waals surface area contributed by atoms with Crippen molar-refractivity contribution in [3.05, 3.63) is 53.6 Å². The number of hydrogen-bond acceptors (Lipinski definition) is 5. The quantitative estimate of drug-likeness (QED) is 0.600. The van der Waals surface area contributed by atoms with Gasteiger partial charge in [-0.2, -0.15) is 0 Å². The Labute approximate surface area is 205 Å². The lowest BCUT2D eigenvalue weighted by atomic mass is 10.1. The molecule has 6 nitrogen and oxygen atoms in total. The van der Waals surface area contributed by atoms with Gasteiger partial charge in [0.05, 0.1) is 11.4 Å². The fraction of sp³-hybridized carbons (Fsp3) is 0.536. The van der Waals surface area contributed by atoms with E-state index in [0.717, 1.165) is 71.7 Å². The molecule has 0 aliphatic carbocycles. The van der Waals surface area contributed by atoms with Crippen molar-refractivity contribution >= 4 is 23.0 Å². The molecule has 0 atom stereocenters. The first-order chi connectivity index (χ1) is 16.5. The molecule has 2 aromatic carbocycles. The first-order valence-electron chi connectivity index (χ1n) is 12.9. The van der Waals surface area contributed by atoms with Crippen molar-refractivity contribution in [2.75, 3.05) is 81.1 Å². The Morgan fingerprint density at radius 1 is 0.794 bits per heavy atom. The number of unbranched alkanes of at least 4 members (excludes halogenated alkanes) is 1. The molecule has 184 valence electrons. The molecule has 2 aliphatic heterocycles. The molecule has 0 saturated carbocycles. The molecule has 0 spiro atoms. The number of carbonyl (C=O) groups excluding carboxylic acids is 1. The Morgan fingerprint density at radius 2 is 1.44 bits per heavy atom. The molecule has 34 heavy (non-hydrogen) atoms. The molecular formula is C28H41N5O. The second-order valence-corrected chi connectivity index (χ2v) is 9.78. The standard InChI is InChI=1S/C28H41N5O/c1-23-9-8-12-26(24(23)2)31-19-21-33(22-20-31)28(34)13-6-7-14-29-25-10-4-5-11-27(25)32-17-15-30(3)16-18-32/h4-5,8-12,29H,6-7,13-22H2,1-3H3. The second kappa shape index (κ2) is 11.6. The van der Waals surface area contributed by atoms with Crippen LogP contribution >= 0.6 is 0 Å². The highest BCUT2D eigenvalue weighted by molar-refractivity contribution is 5.76. The molecule has 2 heterocycles. The van der Waals surface area contributed by atoms with Crippen LogP contribution in [0, 0.1) is 13.8 Å². The highest BCUT2D eigenvalue weighted by Gasteiger charge is 2.22. The van der Waals surface area contributed by atoms with Crippen LogP contribution in [0.1, 0.15) is 30.4 Å². The largest absolute Gasteiger partial charge is 0.383 e. The molecule has 2 saturated heterocycles. The van der Waals surface area contributed by atoms with Gasteiger partial charge in [-0.3, -0.25) is 4.79 Å². The molecule has 0 aromatic heterocycles. The van der Waals surface area contributed by atoms with E-state index in [2.05, 4.69) is 88.3 Å². The van der Waals surface area contributed by atoms with Gasteiger partial charge in [0.2, 0.25) is 5.91 Å². The van der Waals surface area contributed by atoms with Crippen molar-refractivity contribution < 1.29 is 4.79 Å². The summed E-state index contributed by atoms with van der Waals surface area (Å²) in [5.41, 5.74) is 6.50. The number of likely N-dealkylation sites (N-methyl/N-ethyl adjacent to an activating group) is 1. The lowest BCUT2D eigenvalue weighted by Crippen LogP contribution is -2.49. The van der Waals surface area contributed by atoms with Crippen LogP contribution in [0.2, 0.25) is 0 Å². The van der Waals surface area contributed by atoms with Crippen molar-refractivity contribution in [2.45, 2.75) is 33.1 Å². The summed E-state index contributed by atoms with van der Waals surface area (Å²) in [4.78, 5) is 22.1.